The summed E-state index contributed by atoms with van der Waals surface area (Å²) < 4.78 is 0. The van der Waals surface area contributed by atoms with E-state index in [1.165, 1.54) is 22.0 Å². The van der Waals surface area contributed by atoms with Crippen molar-refractivity contribution in [2.24, 2.45) is 0 Å². The standard InChI is InChI=1S/C11H10N2.CH4O/c12-9-4-5-10-11-7(6-13-10)2-1-3-8(9)11;1-2/h1-5,13H,6,12H2;2H,1H3. The highest BCUT2D eigenvalue weighted by Crippen LogP contribution is 2.35. The second-order valence-corrected chi connectivity index (χ2v) is 3.40. The average molecular weight is 202 g/mol. The largest absolute Gasteiger partial charge is 0.400 e. The normalized spacial score (nSPS) is 11.9. The van der Waals surface area contributed by atoms with Crippen molar-refractivity contribution in [3.8, 4) is 0 Å². The van der Waals surface area contributed by atoms with E-state index in [4.69, 9.17) is 10.8 Å². The van der Waals surface area contributed by atoms with E-state index in [2.05, 4.69) is 23.5 Å². The summed E-state index contributed by atoms with van der Waals surface area (Å²) in [5, 5.41) is 12.8. The minimum atomic E-state index is 0.865. The second kappa shape index (κ2) is 3.79. The van der Waals surface area contributed by atoms with Crippen LogP contribution in [0.5, 0.6) is 0 Å². The minimum absolute atomic E-state index is 0.865. The molecule has 0 unspecified atom stereocenters. The number of aliphatic hydroxyl groups excluding tert-OH is 1. The Morgan fingerprint density at radius 1 is 1.20 bits per heavy atom. The predicted molar refractivity (Wildman–Crippen MR) is 63.8 cm³/mol. The van der Waals surface area contributed by atoms with Gasteiger partial charge in [-0.1, -0.05) is 18.2 Å². The monoisotopic (exact) mass is 202 g/mol. The van der Waals surface area contributed by atoms with Crippen LogP contribution in [0.1, 0.15) is 5.56 Å². The Morgan fingerprint density at radius 2 is 2.00 bits per heavy atom. The molecule has 0 amide bonds. The van der Waals surface area contributed by atoms with Gasteiger partial charge in [0.25, 0.3) is 0 Å². The van der Waals surface area contributed by atoms with Crippen LogP contribution in [0.2, 0.25) is 0 Å². The third-order valence-corrected chi connectivity index (χ3v) is 2.63. The molecule has 0 fully saturated rings. The van der Waals surface area contributed by atoms with Crippen molar-refractivity contribution < 1.29 is 5.11 Å². The smallest absolute Gasteiger partial charge is 0.0427 e. The fraction of sp³-hybridized carbons (Fsp3) is 0.167. The summed E-state index contributed by atoms with van der Waals surface area (Å²) in [7, 11) is 1.00. The van der Waals surface area contributed by atoms with E-state index >= 15 is 0 Å². The summed E-state index contributed by atoms with van der Waals surface area (Å²) >= 11 is 0. The molecule has 78 valence electrons. The SMILES string of the molecule is CO.Nc1ccc2c3c(cccc13)CN2. The summed E-state index contributed by atoms with van der Waals surface area (Å²) in [5.74, 6) is 0. The van der Waals surface area contributed by atoms with Gasteiger partial charge in [0.15, 0.2) is 0 Å². The van der Waals surface area contributed by atoms with Crippen LogP contribution in [-0.2, 0) is 6.54 Å². The number of hydrogen-bond acceptors (Lipinski definition) is 3. The van der Waals surface area contributed by atoms with E-state index in [1.807, 2.05) is 12.1 Å². The Labute approximate surface area is 88.5 Å². The van der Waals surface area contributed by atoms with Crippen LogP contribution in [0.15, 0.2) is 30.3 Å². The zero-order chi connectivity index (χ0) is 10.8. The van der Waals surface area contributed by atoms with Crippen molar-refractivity contribution >= 4 is 22.1 Å². The topological polar surface area (TPSA) is 58.3 Å². The zero-order valence-electron chi connectivity index (χ0n) is 8.62. The molecule has 0 radical (unpaired) electrons. The maximum Gasteiger partial charge on any atom is 0.0427 e. The molecule has 0 atom stereocenters. The molecular weight excluding hydrogens is 188 g/mol. The summed E-state index contributed by atoms with van der Waals surface area (Å²) in [5.41, 5.74) is 9.31. The fourth-order valence-electron chi connectivity index (χ4n) is 1.99. The second-order valence-electron chi connectivity index (χ2n) is 3.40. The van der Waals surface area contributed by atoms with Gasteiger partial charge in [0.1, 0.15) is 0 Å². The van der Waals surface area contributed by atoms with Crippen molar-refractivity contribution in [2.45, 2.75) is 6.54 Å². The van der Waals surface area contributed by atoms with Crippen molar-refractivity contribution in [3.63, 3.8) is 0 Å². The van der Waals surface area contributed by atoms with Crippen molar-refractivity contribution in [1.29, 1.82) is 0 Å². The molecule has 0 bridgehead atoms. The Bertz CT molecular complexity index is 484. The van der Waals surface area contributed by atoms with Gasteiger partial charge >= 0.3 is 0 Å². The molecule has 0 aliphatic carbocycles. The molecule has 1 aliphatic rings. The lowest BCUT2D eigenvalue weighted by Crippen LogP contribution is -1.88. The number of nitrogens with one attached hydrogen (secondary N) is 1. The van der Waals surface area contributed by atoms with Crippen LogP contribution in [-0.4, -0.2) is 12.2 Å². The van der Waals surface area contributed by atoms with Gasteiger partial charge in [-0.3, -0.25) is 0 Å². The van der Waals surface area contributed by atoms with E-state index in [1.54, 1.807) is 0 Å². The number of benzene rings is 2. The Morgan fingerprint density at radius 3 is 2.80 bits per heavy atom. The van der Waals surface area contributed by atoms with Crippen LogP contribution >= 0.6 is 0 Å². The average Bonchev–Trinajstić information content (AvgIpc) is 2.71. The molecule has 15 heavy (non-hydrogen) atoms. The number of anilines is 2. The van der Waals surface area contributed by atoms with Crippen LogP contribution in [0.4, 0.5) is 11.4 Å². The molecule has 1 heterocycles. The summed E-state index contributed by atoms with van der Waals surface area (Å²) in [6.45, 7) is 0.927. The first-order valence-corrected chi connectivity index (χ1v) is 4.85. The first-order chi connectivity index (χ1) is 7.36. The van der Waals surface area contributed by atoms with Crippen LogP contribution < -0.4 is 11.1 Å². The molecule has 4 N–H and O–H groups in total. The Hall–Kier alpha value is -1.74. The Kier molecular flexibility index (Phi) is 2.47. The quantitative estimate of drug-likeness (QED) is 0.572. The van der Waals surface area contributed by atoms with Crippen LogP contribution in [0.25, 0.3) is 10.8 Å². The number of rotatable bonds is 0. The van der Waals surface area contributed by atoms with Gasteiger partial charge in [-0.25, -0.2) is 0 Å². The third kappa shape index (κ3) is 1.41. The molecule has 0 aromatic heterocycles. The minimum Gasteiger partial charge on any atom is -0.400 e. The van der Waals surface area contributed by atoms with Crippen molar-refractivity contribution in [1.82, 2.24) is 0 Å². The van der Waals surface area contributed by atoms with Gasteiger partial charge < -0.3 is 16.2 Å². The van der Waals surface area contributed by atoms with Gasteiger partial charge in [0.05, 0.1) is 0 Å². The van der Waals surface area contributed by atoms with Crippen molar-refractivity contribution in [2.75, 3.05) is 18.2 Å². The van der Waals surface area contributed by atoms with E-state index in [-0.39, 0.29) is 0 Å². The van der Waals surface area contributed by atoms with Crippen LogP contribution in [0, 0.1) is 0 Å². The first-order valence-electron chi connectivity index (χ1n) is 4.85. The van der Waals surface area contributed by atoms with Gasteiger partial charge in [-0.2, -0.15) is 0 Å². The van der Waals surface area contributed by atoms with Gasteiger partial charge in [0, 0.05) is 35.8 Å². The lowest BCUT2D eigenvalue weighted by atomic mass is 10.0. The third-order valence-electron chi connectivity index (χ3n) is 2.63. The highest BCUT2D eigenvalue weighted by Gasteiger charge is 2.13. The van der Waals surface area contributed by atoms with Crippen LogP contribution in [0.3, 0.4) is 0 Å². The first kappa shape index (κ1) is 9.80. The number of hydrogen-bond donors (Lipinski definition) is 3. The van der Waals surface area contributed by atoms with Gasteiger partial charge in [0.2, 0.25) is 0 Å². The molecule has 0 saturated carbocycles. The number of nitrogen functional groups attached to an aromatic ring is 1. The predicted octanol–water partition coefficient (Wildman–Crippen LogP) is 1.96. The maximum atomic E-state index is 7.00. The molecular formula is C12H14N2O. The van der Waals surface area contributed by atoms with E-state index in [9.17, 15) is 0 Å². The van der Waals surface area contributed by atoms with Crippen molar-refractivity contribution in [3.05, 3.63) is 35.9 Å². The maximum absolute atomic E-state index is 7.00. The zero-order valence-corrected chi connectivity index (χ0v) is 8.62. The molecule has 2 aromatic carbocycles. The van der Waals surface area contributed by atoms with Gasteiger partial charge in [-0.05, 0) is 17.7 Å². The molecule has 0 spiro atoms. The Balaban J connectivity index is 0.000000404. The van der Waals surface area contributed by atoms with E-state index < -0.39 is 0 Å². The highest BCUT2D eigenvalue weighted by atomic mass is 16.2. The lowest BCUT2D eigenvalue weighted by Gasteiger charge is -2.03. The molecule has 3 heteroatoms. The molecule has 1 aliphatic heterocycles. The summed E-state index contributed by atoms with van der Waals surface area (Å²) in [4.78, 5) is 0. The molecule has 0 saturated heterocycles. The number of nitrogens with two attached hydrogens (primary N) is 1. The lowest BCUT2D eigenvalue weighted by molar-refractivity contribution is 0.399. The fourth-order valence-corrected chi connectivity index (χ4v) is 1.99. The van der Waals surface area contributed by atoms with E-state index in [0.717, 1.165) is 19.3 Å². The van der Waals surface area contributed by atoms with Gasteiger partial charge in [-0.15, -0.1) is 0 Å². The highest BCUT2D eigenvalue weighted by molar-refractivity contribution is 6.04. The molecule has 3 nitrogen and oxygen atoms in total. The number of aliphatic hydroxyl groups is 1. The van der Waals surface area contributed by atoms with E-state index in [0.29, 0.717) is 0 Å². The summed E-state index contributed by atoms with van der Waals surface area (Å²) in [6, 6.07) is 10.3. The summed E-state index contributed by atoms with van der Waals surface area (Å²) in [6.07, 6.45) is 0. The molecule has 3 rings (SSSR count). The molecule has 2 aromatic rings.